The largest absolute Gasteiger partial charge is 3.00 e. The van der Waals surface area contributed by atoms with E-state index in [1.807, 2.05) is 0 Å². The summed E-state index contributed by atoms with van der Waals surface area (Å²) >= 11 is 0. The van der Waals surface area contributed by atoms with Crippen molar-refractivity contribution in [3.05, 3.63) is 0 Å². The van der Waals surface area contributed by atoms with Crippen molar-refractivity contribution < 1.29 is 79.3 Å². The molecule has 6 heteroatoms. The van der Waals surface area contributed by atoms with Crippen LogP contribution in [0.2, 0.25) is 0 Å². The zero-order chi connectivity index (χ0) is 0. The van der Waals surface area contributed by atoms with Gasteiger partial charge in [0.2, 0.25) is 0 Å². The van der Waals surface area contributed by atoms with Crippen molar-refractivity contribution >= 4 is 94.4 Å². The topological polar surface area (TPSA) is 28.5 Å². The standard InChI is InChI=1S/Ba.Co.Fe.Gd.O.Sr/q3*+2;+3;-2;+2. The molecule has 0 aliphatic rings. The summed E-state index contributed by atoms with van der Waals surface area (Å²) in [6, 6.07) is 0. The molecule has 0 aromatic carbocycles. The summed E-state index contributed by atoms with van der Waals surface area (Å²) in [6.07, 6.45) is 0. The average molecular weight is 513 g/mol. The summed E-state index contributed by atoms with van der Waals surface area (Å²) in [5, 5.41) is 0. The number of hydrogen-bond donors (Lipinski definition) is 0. The van der Waals surface area contributed by atoms with E-state index in [0.717, 1.165) is 0 Å². The second-order valence-electron chi connectivity index (χ2n) is 0. The third-order valence-corrected chi connectivity index (χ3v) is 0. The van der Waals surface area contributed by atoms with Crippen LogP contribution in [0.5, 0.6) is 0 Å². The van der Waals surface area contributed by atoms with E-state index in [1.54, 1.807) is 0 Å². The summed E-state index contributed by atoms with van der Waals surface area (Å²) in [6.45, 7) is 0. The molecule has 0 aliphatic heterocycles. The van der Waals surface area contributed by atoms with Gasteiger partial charge in [0.05, 0.1) is 0 Å². The van der Waals surface area contributed by atoms with Crippen molar-refractivity contribution in [2.45, 2.75) is 0 Å². The van der Waals surface area contributed by atoms with Crippen LogP contribution in [-0.4, -0.2) is 94.4 Å². The summed E-state index contributed by atoms with van der Waals surface area (Å²) in [7, 11) is 0. The van der Waals surface area contributed by atoms with E-state index >= 15 is 0 Å². The fourth-order valence-corrected chi connectivity index (χ4v) is 0. The molecule has 1 nitrogen and oxygen atoms in total. The number of hydrogen-bond acceptors (Lipinski definition) is 0. The molecule has 0 saturated heterocycles. The van der Waals surface area contributed by atoms with Crippen LogP contribution in [-0.2, 0) is 39.3 Å². The molecule has 26 valence electrons. The summed E-state index contributed by atoms with van der Waals surface area (Å²) in [5.74, 6) is 0. The van der Waals surface area contributed by atoms with E-state index in [4.69, 9.17) is 0 Å². The van der Waals surface area contributed by atoms with Gasteiger partial charge < -0.3 is 5.48 Å². The van der Waals surface area contributed by atoms with Gasteiger partial charge in [-0.15, -0.1) is 0 Å². The maximum absolute atomic E-state index is 0. The Balaban J connectivity index is 0. The first-order chi connectivity index (χ1) is 0. The summed E-state index contributed by atoms with van der Waals surface area (Å²) in [4.78, 5) is 0. The zero-order valence-corrected chi connectivity index (χ0v) is 15.2. The van der Waals surface area contributed by atoms with Gasteiger partial charge in [-0.1, -0.05) is 0 Å². The molecular formula is BaCoFeGdOSr+9. The maximum atomic E-state index is 0. The Hall–Kier alpha value is 5.36. The van der Waals surface area contributed by atoms with Crippen molar-refractivity contribution in [3.63, 3.8) is 0 Å². The molecule has 0 saturated carbocycles. The zero-order valence-electron chi connectivity index (χ0n) is 2.86. The molecule has 0 unspecified atom stereocenters. The summed E-state index contributed by atoms with van der Waals surface area (Å²) < 4.78 is 0. The van der Waals surface area contributed by atoms with E-state index in [-0.39, 0.29) is 174 Å². The van der Waals surface area contributed by atoms with Crippen LogP contribution in [0.4, 0.5) is 0 Å². The maximum Gasteiger partial charge on any atom is 3.00 e. The first-order valence-corrected chi connectivity index (χ1v) is 0. The minimum Gasteiger partial charge on any atom is -2.00 e. The molecule has 2 radical (unpaired) electrons. The third kappa shape index (κ3) is 22.8. The Kier molecular flexibility index (Phi) is 223. The SMILES string of the molecule is [Ba+2].[Co+2].[Fe+2].[Gd+3].[O-2].[Sr+2]. The molecule has 0 aromatic rings. The van der Waals surface area contributed by atoms with E-state index in [2.05, 4.69) is 0 Å². The second kappa shape index (κ2) is 31.6. The Morgan fingerprint density at radius 2 is 1.00 bits per heavy atom. The van der Waals surface area contributed by atoms with Crippen LogP contribution in [0.25, 0.3) is 0 Å². The van der Waals surface area contributed by atoms with Crippen molar-refractivity contribution in [1.82, 2.24) is 0 Å². The van der Waals surface area contributed by atoms with E-state index in [9.17, 15) is 0 Å². The third-order valence-electron chi connectivity index (χ3n) is 0. The normalized spacial score (nSPS) is 0. The molecule has 0 heterocycles. The van der Waals surface area contributed by atoms with Gasteiger partial charge in [0.15, 0.2) is 0 Å². The van der Waals surface area contributed by atoms with Crippen molar-refractivity contribution in [3.8, 4) is 0 Å². The average Bonchev–Trinajstić information content (AvgIpc) is 0. The molecule has 0 atom stereocenters. The van der Waals surface area contributed by atoms with Gasteiger partial charge >= 0.3 is 168 Å². The van der Waals surface area contributed by atoms with Crippen LogP contribution >= 0.6 is 0 Å². The number of rotatable bonds is 0. The molecule has 0 aromatic heterocycles. The summed E-state index contributed by atoms with van der Waals surface area (Å²) in [5.41, 5.74) is 0. The van der Waals surface area contributed by atoms with Crippen LogP contribution in [0.1, 0.15) is 0 Å². The van der Waals surface area contributed by atoms with Gasteiger partial charge in [-0.2, -0.15) is 0 Å². The van der Waals surface area contributed by atoms with Gasteiger partial charge in [0, 0.05) is 0 Å². The molecule has 0 bridgehead atoms. The van der Waals surface area contributed by atoms with Crippen LogP contribution < -0.4 is 0 Å². The minimum atomic E-state index is 0. The van der Waals surface area contributed by atoms with E-state index < -0.39 is 0 Å². The van der Waals surface area contributed by atoms with Gasteiger partial charge in [-0.25, -0.2) is 0 Å². The van der Waals surface area contributed by atoms with Crippen LogP contribution in [0.15, 0.2) is 0 Å². The Labute approximate surface area is 168 Å². The van der Waals surface area contributed by atoms with Crippen molar-refractivity contribution in [2.24, 2.45) is 0 Å². The van der Waals surface area contributed by atoms with Crippen LogP contribution in [0, 0.1) is 39.9 Å². The molecule has 0 fully saturated rings. The predicted octanol–water partition coefficient (Wildman–Crippen LogP) is -0.885. The van der Waals surface area contributed by atoms with Gasteiger partial charge in [0.25, 0.3) is 0 Å². The molecule has 0 rings (SSSR count). The first-order valence-electron chi connectivity index (χ1n) is 0. The first kappa shape index (κ1) is 42.4. The Morgan fingerprint density at radius 3 is 1.00 bits per heavy atom. The van der Waals surface area contributed by atoms with E-state index in [1.165, 1.54) is 0 Å². The molecule has 6 heavy (non-hydrogen) atoms. The Morgan fingerprint density at radius 1 is 1.00 bits per heavy atom. The van der Waals surface area contributed by atoms with Crippen LogP contribution in [0.3, 0.4) is 0 Å². The molecule has 0 amide bonds. The minimum absolute atomic E-state index is 0. The second-order valence-corrected chi connectivity index (χ2v) is 0. The quantitative estimate of drug-likeness (QED) is 0.377. The van der Waals surface area contributed by atoms with Gasteiger partial charge in [-0.05, 0) is 0 Å². The van der Waals surface area contributed by atoms with Crippen molar-refractivity contribution in [2.75, 3.05) is 0 Å². The van der Waals surface area contributed by atoms with Gasteiger partial charge in [0.1, 0.15) is 0 Å². The van der Waals surface area contributed by atoms with Gasteiger partial charge in [-0.3, -0.25) is 0 Å². The molecule has 0 aliphatic carbocycles. The smallest absolute Gasteiger partial charge is 2.00 e. The van der Waals surface area contributed by atoms with E-state index in [0.29, 0.717) is 0 Å². The molecule has 0 spiro atoms. The fraction of sp³-hybridized carbons (Fsp3) is 0. The molecular weight excluding hydrogens is 513 g/mol. The van der Waals surface area contributed by atoms with Crippen molar-refractivity contribution in [1.29, 1.82) is 0 Å². The fourth-order valence-electron chi connectivity index (χ4n) is 0. The predicted molar refractivity (Wildman–Crippen MR) is 12.2 cm³/mol. The monoisotopic (exact) mass is 515 g/mol. The Bertz CT molecular complexity index is 15.5. The molecule has 0 N–H and O–H groups in total.